The van der Waals surface area contributed by atoms with Crippen molar-refractivity contribution in [2.45, 2.75) is 40.8 Å². The molecule has 0 aliphatic carbocycles. The van der Waals surface area contributed by atoms with Gasteiger partial charge in [0.15, 0.2) is 0 Å². The summed E-state index contributed by atoms with van der Waals surface area (Å²) in [6.07, 6.45) is 0. The van der Waals surface area contributed by atoms with Gasteiger partial charge in [-0.15, -0.1) is 0 Å². The maximum absolute atomic E-state index is 9.09. The van der Waals surface area contributed by atoms with E-state index < -0.39 is 0 Å². The highest BCUT2D eigenvalue weighted by molar-refractivity contribution is 5.51. The Labute approximate surface area is 127 Å². The molecular formula is C17H25N3O. The molecule has 0 saturated heterocycles. The summed E-state index contributed by atoms with van der Waals surface area (Å²) in [5.74, 6) is 0. The summed E-state index contributed by atoms with van der Waals surface area (Å²) in [6.45, 7) is 9.85. The second-order valence-corrected chi connectivity index (χ2v) is 5.80. The highest BCUT2D eigenvalue weighted by Crippen LogP contribution is 2.22. The van der Waals surface area contributed by atoms with Crippen LogP contribution in [-0.2, 0) is 13.1 Å². The van der Waals surface area contributed by atoms with Gasteiger partial charge in [0.1, 0.15) is 0 Å². The number of nitrogens with zero attached hydrogens (tertiary/aromatic N) is 3. The molecular weight excluding hydrogens is 262 g/mol. The molecule has 21 heavy (non-hydrogen) atoms. The van der Waals surface area contributed by atoms with Gasteiger partial charge in [0, 0.05) is 30.5 Å². The maximum atomic E-state index is 9.09. The molecule has 0 radical (unpaired) electrons. The summed E-state index contributed by atoms with van der Waals surface area (Å²) in [4.78, 5) is 2.25. The molecule has 0 fully saturated rings. The van der Waals surface area contributed by atoms with E-state index in [9.17, 15) is 0 Å². The molecule has 114 valence electrons. The zero-order valence-corrected chi connectivity index (χ0v) is 13.6. The van der Waals surface area contributed by atoms with Crippen LogP contribution in [0.5, 0.6) is 0 Å². The van der Waals surface area contributed by atoms with Crippen molar-refractivity contribution in [3.05, 3.63) is 46.3 Å². The molecule has 2 rings (SSSR count). The first-order chi connectivity index (χ1) is 9.92. The quantitative estimate of drug-likeness (QED) is 0.919. The number of aliphatic hydroxyl groups excluding tert-OH is 1. The number of aromatic nitrogens is 2. The van der Waals surface area contributed by atoms with Crippen molar-refractivity contribution in [3.63, 3.8) is 0 Å². The molecule has 0 aliphatic heterocycles. The SMILES string of the molecule is Cc1cc(C)cc(N(C)Cc2c(C)nn(CCO)c2C)c1. The zero-order chi connectivity index (χ0) is 15.6. The van der Waals surface area contributed by atoms with Crippen LogP contribution < -0.4 is 4.90 Å². The Morgan fingerprint density at radius 1 is 1.10 bits per heavy atom. The molecule has 4 heteroatoms. The van der Waals surface area contributed by atoms with Gasteiger partial charge in [-0.2, -0.15) is 5.10 Å². The van der Waals surface area contributed by atoms with Crippen LogP contribution in [0.2, 0.25) is 0 Å². The molecule has 0 bridgehead atoms. The van der Waals surface area contributed by atoms with Crippen molar-refractivity contribution in [3.8, 4) is 0 Å². The minimum Gasteiger partial charge on any atom is -0.394 e. The number of hydrogen-bond acceptors (Lipinski definition) is 3. The van der Waals surface area contributed by atoms with E-state index in [1.54, 1.807) is 0 Å². The lowest BCUT2D eigenvalue weighted by molar-refractivity contribution is 0.268. The Hall–Kier alpha value is -1.81. The predicted octanol–water partition coefficient (Wildman–Crippen LogP) is 2.75. The fourth-order valence-corrected chi connectivity index (χ4v) is 2.77. The van der Waals surface area contributed by atoms with Crippen LogP contribution in [0.4, 0.5) is 5.69 Å². The third kappa shape index (κ3) is 3.45. The minimum absolute atomic E-state index is 0.119. The van der Waals surface area contributed by atoms with Crippen molar-refractivity contribution in [2.75, 3.05) is 18.6 Å². The van der Waals surface area contributed by atoms with Gasteiger partial charge in [-0.25, -0.2) is 0 Å². The predicted molar refractivity (Wildman–Crippen MR) is 86.8 cm³/mol. The van der Waals surface area contributed by atoms with Gasteiger partial charge in [-0.05, 0) is 51.0 Å². The van der Waals surface area contributed by atoms with Crippen LogP contribution in [0.3, 0.4) is 0 Å². The number of hydrogen-bond donors (Lipinski definition) is 1. The largest absolute Gasteiger partial charge is 0.394 e. The van der Waals surface area contributed by atoms with Crippen LogP contribution >= 0.6 is 0 Å². The van der Waals surface area contributed by atoms with E-state index >= 15 is 0 Å². The second-order valence-electron chi connectivity index (χ2n) is 5.80. The molecule has 0 saturated carbocycles. The van der Waals surface area contributed by atoms with E-state index in [1.165, 1.54) is 22.4 Å². The smallest absolute Gasteiger partial charge is 0.0646 e. The Bertz CT molecular complexity index is 611. The third-order valence-corrected chi connectivity index (χ3v) is 3.89. The molecule has 1 aromatic heterocycles. The van der Waals surface area contributed by atoms with E-state index in [-0.39, 0.29) is 6.61 Å². The molecule has 1 aromatic carbocycles. The van der Waals surface area contributed by atoms with Crippen LogP contribution in [0, 0.1) is 27.7 Å². The Morgan fingerprint density at radius 2 is 1.71 bits per heavy atom. The van der Waals surface area contributed by atoms with E-state index in [2.05, 4.69) is 56.0 Å². The van der Waals surface area contributed by atoms with Gasteiger partial charge in [0.05, 0.1) is 18.8 Å². The minimum atomic E-state index is 0.119. The van der Waals surface area contributed by atoms with E-state index in [0.29, 0.717) is 6.54 Å². The first-order valence-corrected chi connectivity index (χ1v) is 7.35. The van der Waals surface area contributed by atoms with E-state index in [1.807, 2.05) is 11.6 Å². The maximum Gasteiger partial charge on any atom is 0.0646 e. The zero-order valence-electron chi connectivity index (χ0n) is 13.6. The fourth-order valence-electron chi connectivity index (χ4n) is 2.77. The van der Waals surface area contributed by atoms with Gasteiger partial charge in [-0.1, -0.05) is 6.07 Å². The van der Waals surface area contributed by atoms with Crippen LogP contribution in [0.25, 0.3) is 0 Å². The van der Waals surface area contributed by atoms with Crippen molar-refractivity contribution in [1.82, 2.24) is 9.78 Å². The van der Waals surface area contributed by atoms with E-state index in [0.717, 1.165) is 17.9 Å². The lowest BCUT2D eigenvalue weighted by Crippen LogP contribution is -2.18. The summed E-state index contributed by atoms with van der Waals surface area (Å²) in [5.41, 5.74) is 7.20. The summed E-state index contributed by atoms with van der Waals surface area (Å²) in [7, 11) is 2.11. The monoisotopic (exact) mass is 287 g/mol. The first kappa shape index (κ1) is 15.6. The Balaban J connectivity index is 2.25. The molecule has 2 aromatic rings. The van der Waals surface area contributed by atoms with Crippen molar-refractivity contribution < 1.29 is 5.11 Å². The van der Waals surface area contributed by atoms with Gasteiger partial charge >= 0.3 is 0 Å². The molecule has 0 amide bonds. The average Bonchev–Trinajstić information content (AvgIpc) is 2.66. The lowest BCUT2D eigenvalue weighted by Gasteiger charge is -2.21. The molecule has 0 aliphatic rings. The molecule has 0 atom stereocenters. The topological polar surface area (TPSA) is 41.3 Å². The van der Waals surface area contributed by atoms with Crippen molar-refractivity contribution in [1.29, 1.82) is 0 Å². The highest BCUT2D eigenvalue weighted by atomic mass is 16.3. The summed E-state index contributed by atoms with van der Waals surface area (Å²) in [5, 5.41) is 13.6. The summed E-state index contributed by atoms with van der Waals surface area (Å²) >= 11 is 0. The van der Waals surface area contributed by atoms with Gasteiger partial charge in [0.25, 0.3) is 0 Å². The summed E-state index contributed by atoms with van der Waals surface area (Å²) < 4.78 is 1.89. The average molecular weight is 287 g/mol. The number of aliphatic hydroxyl groups is 1. The molecule has 0 unspecified atom stereocenters. The lowest BCUT2D eigenvalue weighted by atomic mass is 10.1. The third-order valence-electron chi connectivity index (χ3n) is 3.89. The molecule has 0 spiro atoms. The molecule has 1 heterocycles. The summed E-state index contributed by atoms with van der Waals surface area (Å²) in [6, 6.07) is 6.60. The first-order valence-electron chi connectivity index (χ1n) is 7.35. The number of benzene rings is 1. The Morgan fingerprint density at radius 3 is 2.29 bits per heavy atom. The van der Waals surface area contributed by atoms with Crippen LogP contribution in [-0.4, -0.2) is 28.5 Å². The second kappa shape index (κ2) is 6.31. The van der Waals surface area contributed by atoms with E-state index in [4.69, 9.17) is 5.11 Å². The molecule has 1 N–H and O–H groups in total. The highest BCUT2D eigenvalue weighted by Gasteiger charge is 2.13. The van der Waals surface area contributed by atoms with Gasteiger partial charge < -0.3 is 10.0 Å². The van der Waals surface area contributed by atoms with Crippen molar-refractivity contribution >= 4 is 5.69 Å². The van der Waals surface area contributed by atoms with Crippen LogP contribution in [0.15, 0.2) is 18.2 Å². The standard InChI is InChI=1S/C17H25N3O/c1-12-8-13(2)10-16(9-12)19(5)11-17-14(3)18-20(6-7-21)15(17)4/h8-10,21H,6-7,11H2,1-5H3. The van der Waals surface area contributed by atoms with Crippen molar-refractivity contribution in [2.24, 2.45) is 0 Å². The van der Waals surface area contributed by atoms with Crippen LogP contribution in [0.1, 0.15) is 28.1 Å². The fraction of sp³-hybridized carbons (Fsp3) is 0.471. The number of rotatable bonds is 5. The Kier molecular flexibility index (Phi) is 4.68. The van der Waals surface area contributed by atoms with Gasteiger partial charge in [0.2, 0.25) is 0 Å². The number of anilines is 1. The normalized spacial score (nSPS) is 11.0. The molecule has 4 nitrogen and oxygen atoms in total. The number of aryl methyl sites for hydroxylation is 3. The van der Waals surface area contributed by atoms with Gasteiger partial charge in [-0.3, -0.25) is 4.68 Å².